The summed E-state index contributed by atoms with van der Waals surface area (Å²) in [6.45, 7) is 7.87. The molecule has 22 heavy (non-hydrogen) atoms. The van der Waals surface area contributed by atoms with Gasteiger partial charge in [0.15, 0.2) is 0 Å². The molecule has 4 heteroatoms. The number of anilines is 1. The minimum absolute atomic E-state index is 0.201. The van der Waals surface area contributed by atoms with Gasteiger partial charge < -0.3 is 10.4 Å². The Balaban J connectivity index is 2.24. The molecule has 1 aliphatic carbocycles. The van der Waals surface area contributed by atoms with Crippen molar-refractivity contribution in [1.29, 1.82) is 0 Å². The molecule has 118 valence electrons. The van der Waals surface area contributed by atoms with E-state index in [0.29, 0.717) is 12.8 Å². The second-order valence-corrected chi connectivity index (χ2v) is 6.26. The number of carboxylic acid groups (broad SMARTS) is 1. The van der Waals surface area contributed by atoms with E-state index >= 15 is 0 Å². The van der Waals surface area contributed by atoms with E-state index in [1.54, 1.807) is 0 Å². The fraction of sp³-hybridized carbons (Fsp3) is 0.444. The van der Waals surface area contributed by atoms with Gasteiger partial charge in [0.1, 0.15) is 0 Å². The first-order valence-electron chi connectivity index (χ1n) is 7.56. The molecule has 0 radical (unpaired) electrons. The summed E-state index contributed by atoms with van der Waals surface area (Å²) in [6.07, 6.45) is 0.964. The Kier molecular flexibility index (Phi) is 4.69. The van der Waals surface area contributed by atoms with E-state index in [1.807, 2.05) is 45.9 Å². The molecule has 0 unspecified atom stereocenters. The van der Waals surface area contributed by atoms with E-state index < -0.39 is 17.8 Å². The number of amides is 1. The van der Waals surface area contributed by atoms with E-state index in [-0.39, 0.29) is 5.91 Å². The van der Waals surface area contributed by atoms with Crippen LogP contribution in [0.15, 0.2) is 29.3 Å². The molecule has 4 nitrogen and oxygen atoms in total. The molecular weight excluding hydrogens is 278 g/mol. The average Bonchev–Trinajstić information content (AvgIpc) is 2.46. The van der Waals surface area contributed by atoms with Gasteiger partial charge >= 0.3 is 5.97 Å². The van der Waals surface area contributed by atoms with Crippen LogP contribution >= 0.6 is 0 Å². The van der Waals surface area contributed by atoms with Gasteiger partial charge in [0, 0.05) is 5.69 Å². The molecule has 0 spiro atoms. The van der Waals surface area contributed by atoms with Crippen molar-refractivity contribution in [3.63, 3.8) is 0 Å². The molecule has 1 amide bonds. The molecule has 1 aromatic carbocycles. The number of carbonyl (C=O) groups is 2. The van der Waals surface area contributed by atoms with Crippen molar-refractivity contribution in [2.24, 2.45) is 11.8 Å². The number of nitrogens with one attached hydrogen (secondary N) is 1. The molecule has 0 fully saturated rings. The van der Waals surface area contributed by atoms with Gasteiger partial charge in [0.05, 0.1) is 11.8 Å². The second kappa shape index (κ2) is 6.34. The SMILES string of the molecule is CC1=C(C)C[C@@H](C(=O)Nc2cccc(C)c2C)[C@H](C(=O)O)C1. The standard InChI is InChI=1S/C18H23NO3/c1-10-6-5-7-16(13(10)4)19-17(20)14-8-11(2)12(3)9-15(14)18(21)22/h5-7,14-15H,8-9H2,1-4H3,(H,19,20)(H,21,22)/t14-,15-/m1/s1. The number of allylic oxidation sites excluding steroid dienone is 2. The first kappa shape index (κ1) is 16.3. The summed E-state index contributed by atoms with van der Waals surface area (Å²) in [5.41, 5.74) is 5.09. The van der Waals surface area contributed by atoms with Crippen LogP contribution in [-0.4, -0.2) is 17.0 Å². The second-order valence-electron chi connectivity index (χ2n) is 6.26. The van der Waals surface area contributed by atoms with Crippen LogP contribution in [0.4, 0.5) is 5.69 Å². The molecule has 2 N–H and O–H groups in total. The number of hydrogen-bond acceptors (Lipinski definition) is 2. The molecule has 0 heterocycles. The van der Waals surface area contributed by atoms with Crippen molar-refractivity contribution < 1.29 is 14.7 Å². The Bertz CT molecular complexity index is 646. The number of aryl methyl sites for hydroxylation is 1. The predicted octanol–water partition coefficient (Wildman–Crippen LogP) is 3.69. The lowest BCUT2D eigenvalue weighted by Crippen LogP contribution is -2.36. The number of aliphatic carboxylic acids is 1. The Morgan fingerprint density at radius 3 is 2.23 bits per heavy atom. The number of carboxylic acids is 1. The summed E-state index contributed by atoms with van der Waals surface area (Å²) in [7, 11) is 0. The minimum Gasteiger partial charge on any atom is -0.481 e. The summed E-state index contributed by atoms with van der Waals surface area (Å²) in [4.78, 5) is 24.1. The van der Waals surface area contributed by atoms with Gasteiger partial charge in [-0.3, -0.25) is 9.59 Å². The number of carbonyl (C=O) groups excluding carboxylic acids is 1. The summed E-state index contributed by atoms with van der Waals surface area (Å²) in [5, 5.41) is 12.3. The van der Waals surface area contributed by atoms with Crippen molar-refractivity contribution in [2.75, 3.05) is 5.32 Å². The zero-order chi connectivity index (χ0) is 16.4. The Morgan fingerprint density at radius 2 is 1.64 bits per heavy atom. The van der Waals surface area contributed by atoms with Crippen molar-refractivity contribution in [2.45, 2.75) is 40.5 Å². The van der Waals surface area contributed by atoms with E-state index in [4.69, 9.17) is 0 Å². The third kappa shape index (κ3) is 3.21. The number of benzene rings is 1. The zero-order valence-corrected chi connectivity index (χ0v) is 13.6. The highest BCUT2D eigenvalue weighted by atomic mass is 16.4. The van der Waals surface area contributed by atoms with Crippen LogP contribution in [0.1, 0.15) is 37.8 Å². The maximum absolute atomic E-state index is 12.6. The first-order chi connectivity index (χ1) is 10.3. The summed E-state index contributed by atoms with van der Waals surface area (Å²) >= 11 is 0. The third-order valence-electron chi connectivity index (χ3n) is 4.78. The van der Waals surface area contributed by atoms with Crippen molar-refractivity contribution >= 4 is 17.6 Å². The van der Waals surface area contributed by atoms with Gasteiger partial charge in [-0.1, -0.05) is 23.3 Å². The minimum atomic E-state index is -0.895. The normalized spacial score (nSPS) is 21.6. The van der Waals surface area contributed by atoms with Crippen LogP contribution < -0.4 is 5.32 Å². The lowest BCUT2D eigenvalue weighted by atomic mass is 9.76. The molecule has 0 saturated carbocycles. The maximum atomic E-state index is 12.6. The molecule has 2 rings (SSSR count). The summed E-state index contributed by atoms with van der Waals surface area (Å²) < 4.78 is 0. The highest BCUT2D eigenvalue weighted by Gasteiger charge is 2.37. The lowest BCUT2D eigenvalue weighted by Gasteiger charge is -2.29. The lowest BCUT2D eigenvalue weighted by molar-refractivity contribution is -0.146. The fourth-order valence-corrected chi connectivity index (χ4v) is 2.94. The molecular formula is C18H23NO3. The van der Waals surface area contributed by atoms with E-state index in [2.05, 4.69) is 5.32 Å². The van der Waals surface area contributed by atoms with Crippen molar-refractivity contribution in [1.82, 2.24) is 0 Å². The topological polar surface area (TPSA) is 66.4 Å². The van der Waals surface area contributed by atoms with E-state index in [0.717, 1.165) is 28.0 Å². The predicted molar refractivity (Wildman–Crippen MR) is 86.8 cm³/mol. The molecule has 1 aromatic rings. The molecule has 2 atom stereocenters. The zero-order valence-electron chi connectivity index (χ0n) is 13.6. The largest absolute Gasteiger partial charge is 0.481 e. The average molecular weight is 301 g/mol. The van der Waals surface area contributed by atoms with Crippen LogP contribution in [0, 0.1) is 25.7 Å². The van der Waals surface area contributed by atoms with Crippen LogP contribution in [-0.2, 0) is 9.59 Å². The Morgan fingerprint density at radius 1 is 1.05 bits per heavy atom. The van der Waals surface area contributed by atoms with Crippen LogP contribution in [0.2, 0.25) is 0 Å². The highest BCUT2D eigenvalue weighted by Crippen LogP contribution is 2.35. The van der Waals surface area contributed by atoms with Gasteiger partial charge in [-0.25, -0.2) is 0 Å². The monoisotopic (exact) mass is 301 g/mol. The van der Waals surface area contributed by atoms with Gasteiger partial charge in [0.25, 0.3) is 0 Å². The van der Waals surface area contributed by atoms with Crippen LogP contribution in [0.25, 0.3) is 0 Å². The summed E-state index contributed by atoms with van der Waals surface area (Å²) in [6, 6.07) is 5.73. The van der Waals surface area contributed by atoms with Crippen molar-refractivity contribution in [3.8, 4) is 0 Å². The van der Waals surface area contributed by atoms with Gasteiger partial charge in [-0.15, -0.1) is 0 Å². The van der Waals surface area contributed by atoms with Gasteiger partial charge in [0.2, 0.25) is 5.91 Å². The van der Waals surface area contributed by atoms with Crippen LogP contribution in [0.3, 0.4) is 0 Å². The first-order valence-corrected chi connectivity index (χ1v) is 7.56. The molecule has 0 aromatic heterocycles. The Labute approximate surface area is 131 Å². The number of rotatable bonds is 3. The highest BCUT2D eigenvalue weighted by molar-refractivity contribution is 5.96. The Hall–Kier alpha value is -2.10. The quantitative estimate of drug-likeness (QED) is 0.837. The van der Waals surface area contributed by atoms with Gasteiger partial charge in [-0.05, 0) is 57.7 Å². The molecule has 0 aliphatic heterocycles. The van der Waals surface area contributed by atoms with Crippen LogP contribution in [0.5, 0.6) is 0 Å². The van der Waals surface area contributed by atoms with E-state index in [1.165, 1.54) is 0 Å². The molecule has 1 aliphatic rings. The third-order valence-corrected chi connectivity index (χ3v) is 4.78. The molecule has 0 saturated heterocycles. The molecule has 0 bridgehead atoms. The smallest absolute Gasteiger partial charge is 0.307 e. The number of hydrogen-bond donors (Lipinski definition) is 2. The van der Waals surface area contributed by atoms with E-state index in [9.17, 15) is 14.7 Å². The van der Waals surface area contributed by atoms with Gasteiger partial charge in [-0.2, -0.15) is 0 Å². The fourth-order valence-electron chi connectivity index (χ4n) is 2.94. The summed E-state index contributed by atoms with van der Waals surface area (Å²) in [5.74, 6) is -2.25. The van der Waals surface area contributed by atoms with Crippen molar-refractivity contribution in [3.05, 3.63) is 40.5 Å². The maximum Gasteiger partial charge on any atom is 0.307 e.